The molecule has 0 atom stereocenters. The maximum absolute atomic E-state index is 13.0. The van der Waals surface area contributed by atoms with Crippen LogP contribution < -0.4 is 15.0 Å². The first kappa shape index (κ1) is 31.9. The fourth-order valence-corrected chi connectivity index (χ4v) is 6.57. The van der Waals surface area contributed by atoms with Gasteiger partial charge >= 0.3 is 6.09 Å². The lowest BCUT2D eigenvalue weighted by Gasteiger charge is -2.43. The Balaban J connectivity index is 1.02. The number of hydrogen-bond donors (Lipinski definition) is 1. The molecule has 236 valence electrons. The molecule has 10 heteroatoms. The molecule has 0 bridgehead atoms. The van der Waals surface area contributed by atoms with Crippen LogP contribution in [0, 0.1) is 11.3 Å². The molecule has 2 aliphatic heterocycles. The highest BCUT2D eigenvalue weighted by molar-refractivity contribution is 6.31. The van der Waals surface area contributed by atoms with Gasteiger partial charge in [0.05, 0.1) is 16.7 Å². The highest BCUT2D eigenvalue weighted by Crippen LogP contribution is 2.28. The number of nitrogens with one attached hydrogen (secondary N) is 1. The lowest BCUT2D eigenvalue weighted by Crippen LogP contribution is -2.54. The summed E-state index contributed by atoms with van der Waals surface area (Å²) in [7, 11) is 0. The van der Waals surface area contributed by atoms with E-state index in [1.807, 2.05) is 37.8 Å². The molecule has 1 saturated carbocycles. The summed E-state index contributed by atoms with van der Waals surface area (Å²) in [4.78, 5) is 32.2. The van der Waals surface area contributed by atoms with Crippen LogP contribution in [0.1, 0.15) is 75.2 Å². The second kappa shape index (κ2) is 14.1. The number of likely N-dealkylation sites (tertiary alicyclic amines) is 1. The standard InChI is InChI=1S/C34H44ClN5O4/c1-34(2,3)44-33(42)40-16-14-28(15-17-40)39-20-18-38(19-21-39)27-9-4-24(5-10-27)32(41)37-26-7-12-29(13-8-26)43-30-11-6-25(23-36)31(35)22-30/h4-6,9-11,22,26,28-29H,7-8,12-21H2,1-3H3,(H,37,41). The molecule has 2 heterocycles. The van der Waals surface area contributed by atoms with E-state index < -0.39 is 5.60 Å². The summed E-state index contributed by atoms with van der Waals surface area (Å²) >= 11 is 6.13. The third-order valence-corrected chi connectivity index (χ3v) is 9.13. The lowest BCUT2D eigenvalue weighted by molar-refractivity contribution is 0.0140. The van der Waals surface area contributed by atoms with Crippen LogP contribution in [0.3, 0.4) is 0 Å². The van der Waals surface area contributed by atoms with Crippen LogP contribution in [-0.4, -0.2) is 84.9 Å². The van der Waals surface area contributed by atoms with Gasteiger partial charge in [0.25, 0.3) is 5.91 Å². The quantitative estimate of drug-likeness (QED) is 0.432. The minimum atomic E-state index is -0.465. The summed E-state index contributed by atoms with van der Waals surface area (Å²) in [6.45, 7) is 11.1. The highest BCUT2D eigenvalue weighted by Gasteiger charge is 2.31. The maximum Gasteiger partial charge on any atom is 0.410 e. The van der Waals surface area contributed by atoms with Crippen molar-refractivity contribution >= 4 is 29.3 Å². The summed E-state index contributed by atoms with van der Waals surface area (Å²) in [5, 5.41) is 12.7. The molecule has 1 aliphatic carbocycles. The van der Waals surface area contributed by atoms with E-state index in [2.05, 4.69) is 33.3 Å². The molecule has 5 rings (SSSR count). The first-order chi connectivity index (χ1) is 21.1. The molecule has 3 aliphatic rings. The smallest absolute Gasteiger partial charge is 0.410 e. The fraction of sp³-hybridized carbons (Fsp3) is 0.559. The highest BCUT2D eigenvalue weighted by atomic mass is 35.5. The molecule has 3 fully saturated rings. The molecular weight excluding hydrogens is 578 g/mol. The number of piperidine rings is 1. The number of benzene rings is 2. The molecule has 2 amide bonds. The SMILES string of the molecule is CC(C)(C)OC(=O)N1CCC(N2CCN(c3ccc(C(=O)NC4CCC(Oc5ccc(C#N)c(Cl)c5)CC4)cc3)CC2)CC1. The Morgan fingerprint density at radius 3 is 2.16 bits per heavy atom. The number of nitriles is 1. The van der Waals surface area contributed by atoms with Gasteiger partial charge in [-0.25, -0.2) is 4.79 Å². The normalized spacial score (nSPS) is 21.8. The van der Waals surface area contributed by atoms with Crippen LogP contribution in [-0.2, 0) is 4.74 Å². The van der Waals surface area contributed by atoms with Crippen LogP contribution in [0.5, 0.6) is 5.75 Å². The molecule has 9 nitrogen and oxygen atoms in total. The van der Waals surface area contributed by atoms with Crippen molar-refractivity contribution in [1.82, 2.24) is 15.1 Å². The summed E-state index contributed by atoms with van der Waals surface area (Å²) in [6.07, 6.45) is 5.20. The third-order valence-electron chi connectivity index (χ3n) is 8.81. The van der Waals surface area contributed by atoms with E-state index >= 15 is 0 Å². The number of ether oxygens (including phenoxy) is 2. The fourth-order valence-electron chi connectivity index (χ4n) is 6.35. The van der Waals surface area contributed by atoms with Crippen molar-refractivity contribution in [3.63, 3.8) is 0 Å². The Morgan fingerprint density at radius 1 is 0.909 bits per heavy atom. The van der Waals surface area contributed by atoms with Crippen LogP contribution in [0.15, 0.2) is 42.5 Å². The van der Waals surface area contributed by atoms with Gasteiger partial charge in [-0.15, -0.1) is 0 Å². The molecule has 1 N–H and O–H groups in total. The Kier molecular flexibility index (Phi) is 10.2. The van der Waals surface area contributed by atoms with Crippen LogP contribution in [0.2, 0.25) is 5.02 Å². The van der Waals surface area contributed by atoms with Crippen LogP contribution in [0.4, 0.5) is 10.5 Å². The van der Waals surface area contributed by atoms with Crippen molar-refractivity contribution in [2.75, 3.05) is 44.2 Å². The summed E-state index contributed by atoms with van der Waals surface area (Å²) in [5.74, 6) is 0.631. The summed E-state index contributed by atoms with van der Waals surface area (Å²) in [5.41, 5.74) is 1.79. The van der Waals surface area contributed by atoms with Crippen molar-refractivity contribution in [2.45, 2.75) is 83.1 Å². The van der Waals surface area contributed by atoms with Crippen molar-refractivity contribution in [3.05, 3.63) is 58.6 Å². The van der Waals surface area contributed by atoms with Crippen molar-refractivity contribution in [2.24, 2.45) is 0 Å². The molecule has 0 aromatic heterocycles. The number of amides is 2. The first-order valence-corrected chi connectivity index (χ1v) is 16.2. The zero-order valence-electron chi connectivity index (χ0n) is 26.1. The van der Waals surface area contributed by atoms with E-state index in [0.29, 0.717) is 27.9 Å². The van der Waals surface area contributed by atoms with Gasteiger partial charge in [0.2, 0.25) is 0 Å². The van der Waals surface area contributed by atoms with Gasteiger partial charge in [0.15, 0.2) is 0 Å². The summed E-state index contributed by atoms with van der Waals surface area (Å²) < 4.78 is 11.6. The number of carbonyl (C=O) groups is 2. The predicted octanol–water partition coefficient (Wildman–Crippen LogP) is 5.85. The minimum Gasteiger partial charge on any atom is -0.490 e. The number of anilines is 1. The average molecular weight is 622 g/mol. The molecule has 0 unspecified atom stereocenters. The van der Waals surface area contributed by atoms with Gasteiger partial charge in [-0.05, 0) is 95.7 Å². The lowest BCUT2D eigenvalue weighted by atomic mass is 9.92. The molecular formula is C34H44ClN5O4. The van der Waals surface area contributed by atoms with E-state index in [4.69, 9.17) is 26.3 Å². The molecule has 0 radical (unpaired) electrons. The van der Waals surface area contributed by atoms with Crippen molar-refractivity contribution in [1.29, 1.82) is 5.26 Å². The van der Waals surface area contributed by atoms with Crippen LogP contribution >= 0.6 is 11.6 Å². The number of rotatable bonds is 6. The Labute approximate surface area is 266 Å². The molecule has 0 spiro atoms. The van der Waals surface area contributed by atoms with Crippen molar-refractivity contribution in [3.8, 4) is 11.8 Å². The Morgan fingerprint density at radius 2 is 1.57 bits per heavy atom. The number of halogens is 1. The zero-order chi connectivity index (χ0) is 31.3. The molecule has 44 heavy (non-hydrogen) atoms. The Bertz CT molecular complexity index is 1330. The van der Waals surface area contributed by atoms with Gasteiger partial charge in [-0.2, -0.15) is 5.26 Å². The van der Waals surface area contributed by atoms with Crippen LogP contribution in [0.25, 0.3) is 0 Å². The summed E-state index contributed by atoms with van der Waals surface area (Å²) in [6, 6.07) is 15.8. The topological polar surface area (TPSA) is 98.1 Å². The van der Waals surface area contributed by atoms with E-state index in [1.54, 1.807) is 18.2 Å². The minimum absolute atomic E-state index is 0.0395. The zero-order valence-corrected chi connectivity index (χ0v) is 26.8. The predicted molar refractivity (Wildman–Crippen MR) is 171 cm³/mol. The monoisotopic (exact) mass is 621 g/mol. The van der Waals surface area contributed by atoms with E-state index in [1.165, 1.54) is 0 Å². The van der Waals surface area contributed by atoms with Gasteiger partial charge in [0, 0.05) is 68.7 Å². The number of nitrogens with zero attached hydrogens (tertiary/aromatic N) is 4. The average Bonchev–Trinajstić information content (AvgIpc) is 3.01. The van der Waals surface area contributed by atoms with Gasteiger partial charge in [-0.1, -0.05) is 11.6 Å². The van der Waals surface area contributed by atoms with Gasteiger partial charge in [-0.3, -0.25) is 9.69 Å². The van der Waals surface area contributed by atoms with E-state index in [9.17, 15) is 9.59 Å². The largest absolute Gasteiger partial charge is 0.490 e. The maximum atomic E-state index is 13.0. The third kappa shape index (κ3) is 8.36. The van der Waals surface area contributed by atoms with E-state index in [0.717, 1.165) is 83.5 Å². The van der Waals surface area contributed by atoms with Gasteiger partial charge in [0.1, 0.15) is 17.4 Å². The van der Waals surface area contributed by atoms with E-state index in [-0.39, 0.29) is 24.1 Å². The first-order valence-electron chi connectivity index (χ1n) is 15.8. The number of carbonyl (C=O) groups excluding carboxylic acids is 2. The molecule has 2 saturated heterocycles. The van der Waals surface area contributed by atoms with Crippen molar-refractivity contribution < 1.29 is 19.1 Å². The Hall–Kier alpha value is -3.48. The second-order valence-electron chi connectivity index (χ2n) is 13.1. The van der Waals surface area contributed by atoms with Gasteiger partial charge < -0.3 is 24.6 Å². The molecule has 2 aromatic rings. The number of piperazine rings is 1. The second-order valence-corrected chi connectivity index (χ2v) is 13.5. The molecule has 2 aromatic carbocycles. The number of hydrogen-bond acceptors (Lipinski definition) is 7.